The van der Waals surface area contributed by atoms with Crippen molar-refractivity contribution in [1.29, 1.82) is 0 Å². The predicted octanol–water partition coefficient (Wildman–Crippen LogP) is 3.09. The first-order chi connectivity index (χ1) is 14.8. The number of urea groups is 1. The molecule has 1 saturated heterocycles. The van der Waals surface area contributed by atoms with Crippen LogP contribution in [-0.4, -0.2) is 36.4 Å². The van der Waals surface area contributed by atoms with Gasteiger partial charge in [-0.1, -0.05) is 30.3 Å². The van der Waals surface area contributed by atoms with Gasteiger partial charge in [0.15, 0.2) is 0 Å². The van der Waals surface area contributed by atoms with Crippen LogP contribution in [0.2, 0.25) is 0 Å². The van der Waals surface area contributed by atoms with Gasteiger partial charge in [-0.15, -0.1) is 0 Å². The fourth-order valence-electron chi connectivity index (χ4n) is 3.68. The van der Waals surface area contributed by atoms with Gasteiger partial charge in [0, 0.05) is 5.39 Å². The Morgan fingerprint density at radius 2 is 1.90 bits per heavy atom. The van der Waals surface area contributed by atoms with Gasteiger partial charge >= 0.3 is 6.03 Å². The lowest BCUT2D eigenvalue weighted by atomic mass is 9.92. The first-order valence-corrected chi connectivity index (χ1v) is 9.88. The summed E-state index contributed by atoms with van der Waals surface area (Å²) in [5.74, 6) is 0.277. The number of ether oxygens (including phenoxy) is 1. The van der Waals surface area contributed by atoms with E-state index in [2.05, 4.69) is 10.6 Å². The van der Waals surface area contributed by atoms with Gasteiger partial charge in [0.2, 0.25) is 5.91 Å². The van der Waals surface area contributed by atoms with Crippen LogP contribution in [-0.2, 0) is 15.1 Å². The van der Waals surface area contributed by atoms with Crippen molar-refractivity contribution < 1.29 is 23.5 Å². The summed E-state index contributed by atoms with van der Waals surface area (Å²) in [4.78, 5) is 39.0. The maximum atomic E-state index is 13.0. The predicted molar refractivity (Wildman–Crippen MR) is 113 cm³/mol. The lowest BCUT2D eigenvalue weighted by Gasteiger charge is -2.22. The molecule has 0 unspecified atom stereocenters. The van der Waals surface area contributed by atoms with Crippen LogP contribution in [0.1, 0.15) is 31.2 Å². The third-order valence-corrected chi connectivity index (χ3v) is 5.49. The number of amides is 4. The normalized spacial score (nSPS) is 19.4. The number of para-hydroxylation sites is 1. The van der Waals surface area contributed by atoms with E-state index in [4.69, 9.17) is 9.15 Å². The Morgan fingerprint density at radius 1 is 1.19 bits per heavy atom. The number of benzene rings is 2. The van der Waals surface area contributed by atoms with Crippen molar-refractivity contribution in [3.8, 4) is 5.75 Å². The number of hydrogen-bond acceptors (Lipinski definition) is 5. The number of nitrogens with zero attached hydrogens (tertiary/aromatic N) is 1. The molecule has 0 saturated carbocycles. The molecule has 160 valence electrons. The smallest absolute Gasteiger partial charge is 0.325 e. The van der Waals surface area contributed by atoms with Crippen molar-refractivity contribution in [2.75, 3.05) is 13.7 Å². The molecule has 3 aromatic rings. The number of methoxy groups -OCH3 is 1. The van der Waals surface area contributed by atoms with Crippen LogP contribution in [0.5, 0.6) is 5.75 Å². The zero-order valence-corrected chi connectivity index (χ0v) is 17.5. The fourth-order valence-corrected chi connectivity index (χ4v) is 3.68. The van der Waals surface area contributed by atoms with Gasteiger partial charge in [0.25, 0.3) is 5.91 Å². The summed E-state index contributed by atoms with van der Waals surface area (Å²) in [6.07, 6.45) is 0. The Balaban J connectivity index is 1.45. The average Bonchev–Trinajstić information content (AvgIpc) is 3.29. The summed E-state index contributed by atoms with van der Waals surface area (Å²) < 4.78 is 10.9. The highest BCUT2D eigenvalue weighted by Crippen LogP contribution is 2.30. The van der Waals surface area contributed by atoms with E-state index in [0.29, 0.717) is 17.1 Å². The van der Waals surface area contributed by atoms with E-state index in [1.54, 1.807) is 45.2 Å². The second kappa shape index (κ2) is 7.79. The van der Waals surface area contributed by atoms with Gasteiger partial charge in [-0.2, -0.15) is 0 Å². The van der Waals surface area contributed by atoms with Crippen LogP contribution < -0.4 is 15.4 Å². The van der Waals surface area contributed by atoms with Crippen LogP contribution in [0.25, 0.3) is 11.0 Å². The summed E-state index contributed by atoms with van der Waals surface area (Å²) in [5.41, 5.74) is 0.0710. The third kappa shape index (κ3) is 3.72. The van der Waals surface area contributed by atoms with Gasteiger partial charge < -0.3 is 19.8 Å². The number of fused-ring (bicyclic) bond motifs is 1. The van der Waals surface area contributed by atoms with E-state index in [-0.39, 0.29) is 6.54 Å². The summed E-state index contributed by atoms with van der Waals surface area (Å²) in [6.45, 7) is 3.01. The highest BCUT2D eigenvalue weighted by atomic mass is 16.5. The van der Waals surface area contributed by atoms with Gasteiger partial charge in [-0.25, -0.2) is 4.79 Å². The lowest BCUT2D eigenvalue weighted by molar-refractivity contribution is -0.135. The maximum absolute atomic E-state index is 13.0. The SMILES string of the molecule is COc1ccc([C@@]2(C)NC(=O)N(CC(=O)N[C@@H](C)c3cc4ccccc4o3)C2=O)cc1. The van der Waals surface area contributed by atoms with E-state index in [1.165, 1.54) is 0 Å². The zero-order chi connectivity index (χ0) is 22.2. The van der Waals surface area contributed by atoms with Gasteiger partial charge in [-0.05, 0) is 43.7 Å². The summed E-state index contributed by atoms with van der Waals surface area (Å²) in [7, 11) is 1.55. The molecule has 2 aromatic carbocycles. The molecule has 1 aromatic heterocycles. The highest BCUT2D eigenvalue weighted by Gasteiger charge is 2.49. The van der Waals surface area contributed by atoms with Crippen molar-refractivity contribution >= 4 is 28.8 Å². The van der Waals surface area contributed by atoms with Crippen LogP contribution >= 0.6 is 0 Å². The number of carbonyl (C=O) groups excluding carboxylic acids is 3. The molecule has 0 aliphatic carbocycles. The topological polar surface area (TPSA) is 101 Å². The maximum Gasteiger partial charge on any atom is 0.325 e. The first-order valence-electron chi connectivity index (χ1n) is 9.88. The van der Waals surface area contributed by atoms with Crippen LogP contribution in [0, 0.1) is 0 Å². The number of carbonyl (C=O) groups is 3. The second-order valence-corrected chi connectivity index (χ2v) is 7.65. The van der Waals surface area contributed by atoms with E-state index < -0.39 is 29.4 Å². The number of imide groups is 1. The molecule has 0 radical (unpaired) electrons. The van der Waals surface area contributed by atoms with E-state index >= 15 is 0 Å². The number of nitrogens with one attached hydrogen (secondary N) is 2. The van der Waals surface area contributed by atoms with Crippen LogP contribution in [0.3, 0.4) is 0 Å². The molecule has 4 amide bonds. The Labute approximate surface area is 179 Å². The quantitative estimate of drug-likeness (QED) is 0.596. The van der Waals surface area contributed by atoms with E-state index in [1.807, 2.05) is 30.3 Å². The monoisotopic (exact) mass is 421 g/mol. The molecule has 1 aliphatic rings. The van der Waals surface area contributed by atoms with Gasteiger partial charge in [0.05, 0.1) is 13.2 Å². The lowest BCUT2D eigenvalue weighted by Crippen LogP contribution is -2.43. The van der Waals surface area contributed by atoms with E-state index in [9.17, 15) is 14.4 Å². The Kier molecular flexibility index (Phi) is 5.14. The molecular formula is C23H23N3O5. The molecular weight excluding hydrogens is 398 g/mol. The first kappa shape index (κ1) is 20.5. The van der Waals surface area contributed by atoms with Crippen LogP contribution in [0.15, 0.2) is 59.0 Å². The number of furan rings is 1. The number of hydrogen-bond donors (Lipinski definition) is 2. The van der Waals surface area contributed by atoms with Crippen LogP contribution in [0.4, 0.5) is 4.79 Å². The molecule has 1 fully saturated rings. The standard InChI is InChI=1S/C23H23N3O5/c1-14(19-12-15-6-4-5-7-18(15)31-19)24-20(27)13-26-21(28)23(2,25-22(26)29)16-8-10-17(30-3)11-9-16/h4-12,14H,13H2,1-3H3,(H,24,27)(H,25,29)/t14-,23+/m0/s1. The van der Waals surface area contributed by atoms with Gasteiger partial charge in [-0.3, -0.25) is 14.5 Å². The van der Waals surface area contributed by atoms with Gasteiger partial charge in [0.1, 0.15) is 29.2 Å². The summed E-state index contributed by atoms with van der Waals surface area (Å²) >= 11 is 0. The molecule has 2 atom stereocenters. The van der Waals surface area contributed by atoms with E-state index in [0.717, 1.165) is 15.9 Å². The van der Waals surface area contributed by atoms with Crippen molar-refractivity contribution in [3.05, 3.63) is 65.9 Å². The van der Waals surface area contributed by atoms with Crippen molar-refractivity contribution in [2.24, 2.45) is 0 Å². The zero-order valence-electron chi connectivity index (χ0n) is 17.5. The summed E-state index contributed by atoms with van der Waals surface area (Å²) in [6, 6.07) is 15.2. The molecule has 4 rings (SSSR count). The second-order valence-electron chi connectivity index (χ2n) is 7.65. The molecule has 0 bridgehead atoms. The number of rotatable bonds is 6. The highest BCUT2D eigenvalue weighted by molar-refractivity contribution is 6.09. The largest absolute Gasteiger partial charge is 0.497 e. The van der Waals surface area contributed by atoms with Crippen molar-refractivity contribution in [2.45, 2.75) is 25.4 Å². The molecule has 8 nitrogen and oxygen atoms in total. The molecule has 2 N–H and O–H groups in total. The molecule has 0 spiro atoms. The molecule has 1 aliphatic heterocycles. The third-order valence-electron chi connectivity index (χ3n) is 5.49. The average molecular weight is 421 g/mol. The minimum absolute atomic E-state index is 0.388. The van der Waals surface area contributed by atoms with Crippen molar-refractivity contribution in [1.82, 2.24) is 15.5 Å². The minimum atomic E-state index is -1.26. The molecule has 31 heavy (non-hydrogen) atoms. The Hall–Kier alpha value is -3.81. The Bertz CT molecular complexity index is 1120. The molecule has 2 heterocycles. The fraction of sp³-hybridized carbons (Fsp3) is 0.261. The minimum Gasteiger partial charge on any atom is -0.497 e. The molecule has 8 heteroatoms. The van der Waals surface area contributed by atoms with Crippen molar-refractivity contribution in [3.63, 3.8) is 0 Å². The summed E-state index contributed by atoms with van der Waals surface area (Å²) in [5, 5.41) is 6.41. The Morgan fingerprint density at radius 3 is 2.58 bits per heavy atom.